The number of phenols is 1. The van der Waals surface area contributed by atoms with E-state index in [1.807, 2.05) is 30.4 Å². The summed E-state index contributed by atoms with van der Waals surface area (Å²) in [7, 11) is 0. The Balaban J connectivity index is 0.000000394. The number of unbranched alkanes of at least 4 members (excludes halogenated alkanes) is 8. The predicted molar refractivity (Wildman–Crippen MR) is 180 cm³/mol. The topological polar surface area (TPSA) is 127 Å². The van der Waals surface area contributed by atoms with Crippen LogP contribution in [0.25, 0.3) is 0 Å². The summed E-state index contributed by atoms with van der Waals surface area (Å²) in [5, 5.41) is 17.9. The fraction of sp³-hybridized carbons (Fsp3) is 0.474. The first-order valence-electron chi connectivity index (χ1n) is 16.5. The van der Waals surface area contributed by atoms with Crippen molar-refractivity contribution in [2.75, 3.05) is 0 Å². The molecule has 2 atom stereocenters. The van der Waals surface area contributed by atoms with Crippen LogP contribution >= 0.6 is 0 Å². The number of hydrogen-bond donors (Lipinski definition) is 2. The molecule has 8 nitrogen and oxygen atoms in total. The maximum Gasteiger partial charge on any atom is 0.317 e. The van der Waals surface area contributed by atoms with Gasteiger partial charge in [-0.2, -0.15) is 0 Å². The monoisotopic (exact) mass is 636 g/mol. The van der Waals surface area contributed by atoms with Crippen molar-refractivity contribution in [2.24, 2.45) is 11.8 Å². The molecule has 8 heteroatoms. The molecule has 0 aliphatic carbocycles. The average molecular weight is 637 g/mol. The number of benzene rings is 2. The highest BCUT2D eigenvalue weighted by Crippen LogP contribution is 2.20. The fourth-order valence-electron chi connectivity index (χ4n) is 4.40. The summed E-state index contributed by atoms with van der Waals surface area (Å²) in [4.78, 5) is 45.0. The van der Waals surface area contributed by atoms with Crippen LogP contribution in [-0.4, -0.2) is 34.1 Å². The molecular formula is C38H52O8. The van der Waals surface area contributed by atoms with E-state index in [1.165, 1.54) is 44.9 Å². The number of carboxylic acids is 1. The number of carboxylic acid groups (broad SMARTS) is 1. The average Bonchev–Trinajstić information content (AvgIpc) is 3.37. The molecule has 1 aliphatic heterocycles. The number of esters is 3. The van der Waals surface area contributed by atoms with Gasteiger partial charge in [0.25, 0.3) is 0 Å². The summed E-state index contributed by atoms with van der Waals surface area (Å²) in [6.07, 6.45) is 20.9. The largest absolute Gasteiger partial charge is 0.508 e. The zero-order valence-electron chi connectivity index (χ0n) is 27.5. The van der Waals surface area contributed by atoms with Crippen molar-refractivity contribution in [3.63, 3.8) is 0 Å². The van der Waals surface area contributed by atoms with E-state index in [0.717, 1.165) is 19.3 Å². The van der Waals surface area contributed by atoms with Gasteiger partial charge in [0.15, 0.2) is 0 Å². The lowest BCUT2D eigenvalue weighted by atomic mass is 10.0. The minimum Gasteiger partial charge on any atom is -0.508 e. The van der Waals surface area contributed by atoms with Crippen LogP contribution in [0, 0.1) is 11.8 Å². The van der Waals surface area contributed by atoms with Crippen molar-refractivity contribution in [2.45, 2.75) is 104 Å². The Morgan fingerprint density at radius 3 is 1.87 bits per heavy atom. The van der Waals surface area contributed by atoms with Crippen LogP contribution in [-0.2, 0) is 23.9 Å². The fourth-order valence-corrected chi connectivity index (χ4v) is 4.40. The molecule has 2 N–H and O–H groups in total. The Bertz CT molecular complexity index is 1170. The maximum absolute atomic E-state index is 11.8. The standard InChI is InChI=1S/C19H26O4.C13H20O3.C6H6O/c1-2-3-4-5-6-7-9-12-16(19(21)22)15-18(20)23-17-13-10-8-11-14-17;1-2-3-4-5-6-7-8-9-11-10-12(14)16-13(11)15;7-6-4-2-1-3-5-6/h7-11,13-14,16H,2-6,12,15H2,1H3,(H,21,22);7-8,11H,2-6,9-10H2,1H3;1-5,7H/b9-7+;8-7+;. The zero-order valence-corrected chi connectivity index (χ0v) is 27.5. The molecule has 3 rings (SSSR count). The van der Waals surface area contributed by atoms with E-state index in [4.69, 9.17) is 9.84 Å². The minimum absolute atomic E-state index is 0.121. The minimum atomic E-state index is -0.967. The van der Waals surface area contributed by atoms with E-state index < -0.39 is 17.9 Å². The number of aromatic hydroxyl groups is 1. The number of hydrogen-bond acceptors (Lipinski definition) is 7. The maximum atomic E-state index is 11.8. The molecule has 0 spiro atoms. The number of allylic oxidation sites excluding steroid dienone is 4. The number of rotatable bonds is 18. The first-order valence-corrected chi connectivity index (χ1v) is 16.5. The lowest BCUT2D eigenvalue weighted by molar-refractivity contribution is -0.153. The van der Waals surface area contributed by atoms with Gasteiger partial charge in [0.2, 0.25) is 0 Å². The van der Waals surface area contributed by atoms with Gasteiger partial charge in [0.1, 0.15) is 11.5 Å². The van der Waals surface area contributed by atoms with E-state index >= 15 is 0 Å². The van der Waals surface area contributed by atoms with Crippen LogP contribution in [0.1, 0.15) is 104 Å². The number of carbonyl (C=O) groups excluding carboxylic acids is 3. The molecule has 0 amide bonds. The summed E-state index contributed by atoms with van der Waals surface area (Å²) in [6, 6.07) is 17.4. The van der Waals surface area contributed by atoms with Crippen molar-refractivity contribution in [3.05, 3.63) is 85.0 Å². The van der Waals surface area contributed by atoms with Crippen molar-refractivity contribution >= 4 is 23.9 Å². The summed E-state index contributed by atoms with van der Waals surface area (Å²) >= 11 is 0. The molecule has 2 aromatic carbocycles. The molecule has 0 bridgehead atoms. The summed E-state index contributed by atoms with van der Waals surface area (Å²) in [6.45, 7) is 4.36. The summed E-state index contributed by atoms with van der Waals surface area (Å²) in [5.74, 6) is -2.44. The van der Waals surface area contributed by atoms with Gasteiger partial charge >= 0.3 is 23.9 Å². The number of carbonyl (C=O) groups is 4. The smallest absolute Gasteiger partial charge is 0.317 e. The van der Waals surface area contributed by atoms with Crippen LogP contribution in [0.4, 0.5) is 0 Å². The van der Waals surface area contributed by atoms with Crippen LogP contribution in [0.3, 0.4) is 0 Å². The zero-order chi connectivity index (χ0) is 33.8. The molecular weight excluding hydrogens is 584 g/mol. The second-order valence-electron chi connectivity index (χ2n) is 11.2. The molecule has 46 heavy (non-hydrogen) atoms. The Labute approximate surface area is 274 Å². The summed E-state index contributed by atoms with van der Waals surface area (Å²) in [5.41, 5.74) is 0. The number of phenolic OH excluding ortho intramolecular Hbond substituents is 1. The highest BCUT2D eigenvalue weighted by Gasteiger charge is 2.32. The number of para-hydroxylation sites is 2. The van der Waals surface area contributed by atoms with Crippen molar-refractivity contribution < 1.29 is 38.9 Å². The van der Waals surface area contributed by atoms with E-state index in [0.29, 0.717) is 24.3 Å². The van der Waals surface area contributed by atoms with Crippen LogP contribution < -0.4 is 4.74 Å². The SMILES string of the molecule is CCCCCC/C=C/CC(CC(=O)Oc1ccccc1)C(=O)O.CCCCCC/C=C/CC1CC(=O)OC1=O.Oc1ccccc1. The Morgan fingerprint density at radius 2 is 1.39 bits per heavy atom. The van der Waals surface area contributed by atoms with E-state index in [-0.39, 0.29) is 30.7 Å². The number of cyclic esters (lactones) is 2. The quantitative estimate of drug-likeness (QED) is 0.0546. The van der Waals surface area contributed by atoms with Gasteiger partial charge in [-0.3, -0.25) is 19.2 Å². The third kappa shape index (κ3) is 20.7. The van der Waals surface area contributed by atoms with E-state index in [9.17, 15) is 24.3 Å². The Morgan fingerprint density at radius 1 is 0.826 bits per heavy atom. The molecule has 1 aliphatic rings. The molecule has 1 fully saturated rings. The van der Waals surface area contributed by atoms with Gasteiger partial charge < -0.3 is 19.7 Å². The molecule has 2 unspecified atom stereocenters. The number of ether oxygens (including phenoxy) is 2. The lowest BCUT2D eigenvalue weighted by Gasteiger charge is -2.09. The molecule has 1 saturated heterocycles. The molecule has 0 saturated carbocycles. The van der Waals surface area contributed by atoms with Crippen LogP contribution in [0.15, 0.2) is 85.0 Å². The summed E-state index contributed by atoms with van der Waals surface area (Å²) < 4.78 is 9.61. The molecule has 0 radical (unpaired) electrons. The van der Waals surface area contributed by atoms with Gasteiger partial charge in [-0.1, -0.05) is 113 Å². The first-order chi connectivity index (χ1) is 22.3. The molecule has 0 aromatic heterocycles. The predicted octanol–water partition coefficient (Wildman–Crippen LogP) is 8.98. The molecule has 1 heterocycles. The third-order valence-electron chi connectivity index (χ3n) is 7.08. The van der Waals surface area contributed by atoms with Crippen LogP contribution in [0.5, 0.6) is 11.5 Å². The van der Waals surface area contributed by atoms with Gasteiger partial charge in [-0.15, -0.1) is 0 Å². The van der Waals surface area contributed by atoms with Crippen molar-refractivity contribution in [1.82, 2.24) is 0 Å². The molecule has 252 valence electrons. The van der Waals surface area contributed by atoms with Gasteiger partial charge in [-0.05, 0) is 62.8 Å². The van der Waals surface area contributed by atoms with Crippen LogP contribution in [0.2, 0.25) is 0 Å². The second kappa shape index (κ2) is 26.1. The normalized spacial score (nSPS) is 14.6. The molecule has 2 aromatic rings. The van der Waals surface area contributed by atoms with Crippen molar-refractivity contribution in [1.29, 1.82) is 0 Å². The van der Waals surface area contributed by atoms with E-state index in [1.54, 1.807) is 48.5 Å². The Kier molecular flexibility index (Phi) is 22.6. The second-order valence-corrected chi connectivity index (χ2v) is 11.2. The lowest BCUT2D eigenvalue weighted by Crippen LogP contribution is -2.20. The highest BCUT2D eigenvalue weighted by molar-refractivity contribution is 5.94. The van der Waals surface area contributed by atoms with Gasteiger partial charge in [-0.25, -0.2) is 0 Å². The highest BCUT2D eigenvalue weighted by atomic mass is 16.6. The third-order valence-corrected chi connectivity index (χ3v) is 7.08. The van der Waals surface area contributed by atoms with E-state index in [2.05, 4.69) is 24.7 Å². The van der Waals surface area contributed by atoms with Gasteiger partial charge in [0, 0.05) is 0 Å². The first kappa shape index (κ1) is 39.8. The van der Waals surface area contributed by atoms with Gasteiger partial charge in [0.05, 0.1) is 24.7 Å². The van der Waals surface area contributed by atoms with Crippen molar-refractivity contribution in [3.8, 4) is 11.5 Å². The Hall–Kier alpha value is -4.20. The number of aliphatic carboxylic acids is 1.